The number of rotatable bonds is 3. The summed E-state index contributed by atoms with van der Waals surface area (Å²) in [6, 6.07) is -0.194. The summed E-state index contributed by atoms with van der Waals surface area (Å²) in [5.74, 6) is 0.893. The summed E-state index contributed by atoms with van der Waals surface area (Å²) in [5.41, 5.74) is 5.37. The van der Waals surface area contributed by atoms with Gasteiger partial charge >= 0.3 is 0 Å². The standard InChI is InChI=1S/C10H16N4O2/c1-7-12-9(16-13-7)6-14-5-3-2-4-8(14)10(11)15/h8H,2-6H2,1H3,(H2,11,15)/t8-/m0/s1. The Hall–Kier alpha value is -1.43. The zero-order valence-corrected chi connectivity index (χ0v) is 9.35. The zero-order chi connectivity index (χ0) is 11.5. The maximum absolute atomic E-state index is 11.3. The van der Waals surface area contributed by atoms with Crippen molar-refractivity contribution in [3.05, 3.63) is 11.7 Å². The maximum atomic E-state index is 11.3. The van der Waals surface area contributed by atoms with E-state index in [1.165, 1.54) is 0 Å². The van der Waals surface area contributed by atoms with E-state index in [-0.39, 0.29) is 11.9 Å². The highest BCUT2D eigenvalue weighted by atomic mass is 16.5. The molecular formula is C10H16N4O2. The van der Waals surface area contributed by atoms with E-state index in [2.05, 4.69) is 10.1 Å². The van der Waals surface area contributed by atoms with Gasteiger partial charge in [-0.15, -0.1) is 0 Å². The van der Waals surface area contributed by atoms with E-state index in [1.807, 2.05) is 4.90 Å². The molecule has 1 fully saturated rings. The number of nitrogens with two attached hydrogens (primary N) is 1. The van der Waals surface area contributed by atoms with Gasteiger partial charge in [0.1, 0.15) is 0 Å². The molecule has 0 radical (unpaired) electrons. The topological polar surface area (TPSA) is 85.3 Å². The van der Waals surface area contributed by atoms with Crippen molar-refractivity contribution in [1.29, 1.82) is 0 Å². The molecule has 2 rings (SSSR count). The number of likely N-dealkylation sites (tertiary alicyclic amines) is 1. The maximum Gasteiger partial charge on any atom is 0.240 e. The lowest BCUT2D eigenvalue weighted by Gasteiger charge is -2.32. The molecule has 0 spiro atoms. The number of aromatic nitrogens is 2. The van der Waals surface area contributed by atoms with Crippen LogP contribution >= 0.6 is 0 Å². The fourth-order valence-electron chi connectivity index (χ4n) is 2.08. The molecule has 0 bridgehead atoms. The Balaban J connectivity index is 2.03. The first-order chi connectivity index (χ1) is 7.66. The minimum Gasteiger partial charge on any atom is -0.368 e. The van der Waals surface area contributed by atoms with Crippen molar-refractivity contribution in [1.82, 2.24) is 15.0 Å². The van der Waals surface area contributed by atoms with Crippen LogP contribution in [0.15, 0.2) is 4.52 Å². The lowest BCUT2D eigenvalue weighted by Crippen LogP contribution is -2.47. The molecule has 88 valence electrons. The van der Waals surface area contributed by atoms with E-state index in [1.54, 1.807) is 6.92 Å². The third kappa shape index (κ3) is 2.38. The van der Waals surface area contributed by atoms with Crippen molar-refractivity contribution in [3.8, 4) is 0 Å². The quantitative estimate of drug-likeness (QED) is 0.793. The van der Waals surface area contributed by atoms with E-state index in [0.717, 1.165) is 25.8 Å². The Bertz CT molecular complexity index is 377. The summed E-state index contributed by atoms with van der Waals surface area (Å²) >= 11 is 0. The van der Waals surface area contributed by atoms with Crippen molar-refractivity contribution in [2.75, 3.05) is 6.54 Å². The second-order valence-corrected chi connectivity index (χ2v) is 4.12. The molecule has 0 saturated carbocycles. The van der Waals surface area contributed by atoms with Crippen molar-refractivity contribution in [2.24, 2.45) is 5.73 Å². The van der Waals surface area contributed by atoms with Gasteiger partial charge in [-0.2, -0.15) is 4.98 Å². The highest BCUT2D eigenvalue weighted by Crippen LogP contribution is 2.18. The van der Waals surface area contributed by atoms with Gasteiger partial charge in [-0.3, -0.25) is 9.69 Å². The van der Waals surface area contributed by atoms with Crippen LogP contribution in [0.25, 0.3) is 0 Å². The Labute approximate surface area is 93.8 Å². The summed E-state index contributed by atoms with van der Waals surface area (Å²) in [6.45, 7) is 3.14. The monoisotopic (exact) mass is 224 g/mol. The Morgan fingerprint density at radius 1 is 1.62 bits per heavy atom. The van der Waals surface area contributed by atoms with Crippen LogP contribution in [-0.4, -0.2) is 33.5 Å². The SMILES string of the molecule is Cc1noc(CN2CCCC[C@H]2C(N)=O)n1. The highest BCUT2D eigenvalue weighted by molar-refractivity contribution is 5.79. The number of hydrogen-bond acceptors (Lipinski definition) is 5. The molecule has 1 aliphatic rings. The van der Waals surface area contributed by atoms with E-state index in [0.29, 0.717) is 18.3 Å². The van der Waals surface area contributed by atoms with Crippen LogP contribution in [0.4, 0.5) is 0 Å². The third-order valence-corrected chi connectivity index (χ3v) is 2.85. The summed E-state index contributed by atoms with van der Waals surface area (Å²) in [7, 11) is 0. The Morgan fingerprint density at radius 2 is 2.44 bits per heavy atom. The first-order valence-electron chi connectivity index (χ1n) is 5.49. The number of primary amides is 1. The largest absolute Gasteiger partial charge is 0.368 e. The van der Waals surface area contributed by atoms with Crippen LogP contribution in [0, 0.1) is 6.92 Å². The van der Waals surface area contributed by atoms with Crippen molar-refractivity contribution < 1.29 is 9.32 Å². The Kier molecular flexibility index (Phi) is 3.19. The van der Waals surface area contributed by atoms with E-state index >= 15 is 0 Å². The van der Waals surface area contributed by atoms with Gasteiger partial charge in [0.05, 0.1) is 12.6 Å². The number of nitrogens with zero attached hydrogens (tertiary/aromatic N) is 3. The first kappa shape index (κ1) is 11.1. The van der Waals surface area contributed by atoms with Gasteiger partial charge in [-0.05, 0) is 26.3 Å². The van der Waals surface area contributed by atoms with Gasteiger partial charge in [0.15, 0.2) is 5.82 Å². The van der Waals surface area contributed by atoms with Crippen LogP contribution in [-0.2, 0) is 11.3 Å². The van der Waals surface area contributed by atoms with Gasteiger partial charge < -0.3 is 10.3 Å². The van der Waals surface area contributed by atoms with E-state index in [4.69, 9.17) is 10.3 Å². The molecule has 2 heterocycles. The molecule has 1 atom stereocenters. The number of carbonyl (C=O) groups excluding carboxylic acids is 1. The number of hydrogen-bond donors (Lipinski definition) is 1. The average Bonchev–Trinajstić information content (AvgIpc) is 2.64. The van der Waals surface area contributed by atoms with Crippen molar-refractivity contribution in [2.45, 2.75) is 38.8 Å². The zero-order valence-electron chi connectivity index (χ0n) is 9.35. The van der Waals surface area contributed by atoms with Crippen LogP contribution in [0.3, 0.4) is 0 Å². The normalized spacial score (nSPS) is 22.2. The lowest BCUT2D eigenvalue weighted by molar-refractivity contribution is -0.124. The molecule has 6 heteroatoms. The second-order valence-electron chi connectivity index (χ2n) is 4.12. The number of amides is 1. The summed E-state index contributed by atoms with van der Waals surface area (Å²) in [6.07, 6.45) is 2.95. The average molecular weight is 224 g/mol. The summed E-state index contributed by atoms with van der Waals surface area (Å²) in [4.78, 5) is 17.4. The molecular weight excluding hydrogens is 208 g/mol. The molecule has 1 aromatic heterocycles. The molecule has 6 nitrogen and oxygen atoms in total. The van der Waals surface area contributed by atoms with Gasteiger partial charge in [0.25, 0.3) is 0 Å². The van der Waals surface area contributed by atoms with Gasteiger partial charge in [0.2, 0.25) is 11.8 Å². The fraction of sp³-hybridized carbons (Fsp3) is 0.700. The van der Waals surface area contributed by atoms with Crippen LogP contribution in [0.5, 0.6) is 0 Å². The smallest absolute Gasteiger partial charge is 0.240 e. The second kappa shape index (κ2) is 4.61. The molecule has 0 aliphatic carbocycles. The van der Waals surface area contributed by atoms with E-state index < -0.39 is 0 Å². The number of carbonyl (C=O) groups is 1. The predicted molar refractivity (Wildman–Crippen MR) is 56.3 cm³/mol. The third-order valence-electron chi connectivity index (χ3n) is 2.85. The van der Waals surface area contributed by atoms with Crippen molar-refractivity contribution >= 4 is 5.91 Å². The molecule has 1 saturated heterocycles. The number of piperidine rings is 1. The molecule has 16 heavy (non-hydrogen) atoms. The van der Waals surface area contributed by atoms with Crippen molar-refractivity contribution in [3.63, 3.8) is 0 Å². The van der Waals surface area contributed by atoms with Gasteiger partial charge in [-0.1, -0.05) is 11.6 Å². The molecule has 1 aliphatic heterocycles. The molecule has 0 aromatic carbocycles. The molecule has 1 amide bonds. The van der Waals surface area contributed by atoms with E-state index in [9.17, 15) is 4.79 Å². The minimum atomic E-state index is -0.268. The van der Waals surface area contributed by atoms with Crippen LogP contribution in [0.2, 0.25) is 0 Å². The van der Waals surface area contributed by atoms with Crippen LogP contribution in [0.1, 0.15) is 31.0 Å². The van der Waals surface area contributed by atoms with Gasteiger partial charge in [-0.25, -0.2) is 0 Å². The minimum absolute atomic E-state index is 0.194. The first-order valence-corrected chi connectivity index (χ1v) is 5.49. The Morgan fingerprint density at radius 3 is 3.06 bits per heavy atom. The fourth-order valence-corrected chi connectivity index (χ4v) is 2.08. The highest BCUT2D eigenvalue weighted by Gasteiger charge is 2.27. The lowest BCUT2D eigenvalue weighted by atomic mass is 10.0. The predicted octanol–water partition coefficient (Wildman–Crippen LogP) is 0.218. The van der Waals surface area contributed by atoms with Gasteiger partial charge in [0, 0.05) is 0 Å². The molecule has 0 unspecified atom stereocenters. The summed E-state index contributed by atoms with van der Waals surface area (Å²) in [5, 5.41) is 3.72. The summed E-state index contributed by atoms with van der Waals surface area (Å²) < 4.78 is 5.04. The molecule has 2 N–H and O–H groups in total. The number of aryl methyl sites for hydroxylation is 1. The van der Waals surface area contributed by atoms with Crippen LogP contribution < -0.4 is 5.73 Å². The molecule has 1 aromatic rings.